The number of amides is 1. The number of halogens is 6. The van der Waals surface area contributed by atoms with Gasteiger partial charge in [-0.15, -0.1) is 0 Å². The van der Waals surface area contributed by atoms with Gasteiger partial charge in [0.05, 0.1) is 17.8 Å². The molecule has 2 aromatic carbocycles. The zero-order valence-electron chi connectivity index (χ0n) is 17.8. The molecule has 0 spiro atoms. The summed E-state index contributed by atoms with van der Waals surface area (Å²) >= 11 is 0. The number of hydrogen-bond acceptors (Lipinski definition) is 3. The topological polar surface area (TPSA) is 59.0 Å². The van der Waals surface area contributed by atoms with Gasteiger partial charge in [0.1, 0.15) is 11.4 Å². The predicted octanol–water partition coefficient (Wildman–Crippen LogP) is 5.80. The van der Waals surface area contributed by atoms with E-state index >= 15 is 0 Å². The number of aryl methyl sites for hydroxylation is 1. The van der Waals surface area contributed by atoms with E-state index in [4.69, 9.17) is 0 Å². The smallest absolute Gasteiger partial charge is 0.363 e. The molecular formula is C23H20F6N4O. The molecule has 0 bridgehead atoms. The van der Waals surface area contributed by atoms with E-state index in [0.717, 1.165) is 28.6 Å². The zero-order valence-corrected chi connectivity index (χ0v) is 17.8. The Morgan fingerprint density at radius 1 is 1.06 bits per heavy atom. The molecule has 0 radical (unpaired) electrons. The third kappa shape index (κ3) is 4.87. The molecule has 3 aromatic rings. The standard InChI is InChI=1S/C23H20F6N4O/c1-13-2-6-15(7-3-13)18-10-19(23(27,28)29)33-20(32-18)17(12-31-33)21(34)30-11-14-4-8-16(9-5-14)22(24,25)26/h2-9,12,18-19,32H,10-11H2,1H3,(H,30,34)/t18-,19+/m1/s1. The number of carbonyl (C=O) groups excluding carboxylic acids is 1. The summed E-state index contributed by atoms with van der Waals surface area (Å²) in [5, 5.41) is 9.34. The highest BCUT2D eigenvalue weighted by Crippen LogP contribution is 2.44. The normalized spacial score (nSPS) is 18.2. The Morgan fingerprint density at radius 2 is 1.71 bits per heavy atom. The molecule has 0 aliphatic carbocycles. The van der Waals surface area contributed by atoms with Crippen molar-refractivity contribution < 1.29 is 31.1 Å². The van der Waals surface area contributed by atoms with Gasteiger partial charge in [0.15, 0.2) is 6.04 Å². The fourth-order valence-electron chi connectivity index (χ4n) is 3.84. The van der Waals surface area contributed by atoms with E-state index in [0.29, 0.717) is 11.1 Å². The first-order valence-electron chi connectivity index (χ1n) is 10.3. The van der Waals surface area contributed by atoms with E-state index in [1.54, 1.807) is 24.3 Å². The van der Waals surface area contributed by atoms with Crippen molar-refractivity contribution in [2.45, 2.75) is 44.3 Å². The lowest BCUT2D eigenvalue weighted by Gasteiger charge is -2.34. The number of nitrogens with zero attached hydrogens (tertiary/aromatic N) is 2. The summed E-state index contributed by atoms with van der Waals surface area (Å²) in [4.78, 5) is 12.8. The maximum atomic E-state index is 13.8. The van der Waals surface area contributed by atoms with Crippen LogP contribution in [0.2, 0.25) is 0 Å². The van der Waals surface area contributed by atoms with Crippen LogP contribution < -0.4 is 10.6 Å². The monoisotopic (exact) mass is 482 g/mol. The van der Waals surface area contributed by atoms with Crippen LogP contribution in [-0.4, -0.2) is 21.9 Å². The fraction of sp³-hybridized carbons (Fsp3) is 0.304. The Labute approximate surface area is 190 Å². The minimum atomic E-state index is -4.58. The Balaban J connectivity index is 1.56. The number of benzene rings is 2. The second-order valence-corrected chi connectivity index (χ2v) is 8.13. The highest BCUT2D eigenvalue weighted by atomic mass is 19.4. The Hall–Kier alpha value is -3.50. The summed E-state index contributed by atoms with van der Waals surface area (Å²) in [7, 11) is 0. The molecule has 1 amide bonds. The summed E-state index contributed by atoms with van der Waals surface area (Å²) in [5.41, 5.74) is 1.10. The molecule has 0 saturated carbocycles. The van der Waals surface area contributed by atoms with Crippen LogP contribution in [-0.2, 0) is 12.7 Å². The second-order valence-electron chi connectivity index (χ2n) is 8.13. The van der Waals surface area contributed by atoms with Crippen LogP contribution in [0.5, 0.6) is 0 Å². The van der Waals surface area contributed by atoms with E-state index in [1.165, 1.54) is 12.1 Å². The second kappa shape index (κ2) is 8.69. The maximum Gasteiger partial charge on any atom is 0.416 e. The molecule has 1 aliphatic rings. The van der Waals surface area contributed by atoms with Crippen molar-refractivity contribution in [3.05, 3.63) is 82.5 Å². The Morgan fingerprint density at radius 3 is 2.29 bits per heavy atom. The van der Waals surface area contributed by atoms with Gasteiger partial charge in [-0.25, -0.2) is 4.68 Å². The van der Waals surface area contributed by atoms with Gasteiger partial charge in [-0.1, -0.05) is 42.0 Å². The van der Waals surface area contributed by atoms with Gasteiger partial charge in [0.2, 0.25) is 0 Å². The van der Waals surface area contributed by atoms with Gasteiger partial charge in [-0.05, 0) is 30.2 Å². The zero-order chi connectivity index (χ0) is 24.7. The number of hydrogen-bond donors (Lipinski definition) is 2. The lowest BCUT2D eigenvalue weighted by Crippen LogP contribution is -2.36. The summed E-state index contributed by atoms with van der Waals surface area (Å²) in [5.74, 6) is -0.761. The van der Waals surface area contributed by atoms with E-state index in [1.807, 2.05) is 6.92 Å². The molecule has 0 saturated heterocycles. The average molecular weight is 482 g/mol. The quantitative estimate of drug-likeness (QED) is 0.462. The van der Waals surface area contributed by atoms with Crippen LogP contribution in [0.25, 0.3) is 0 Å². The van der Waals surface area contributed by atoms with Crippen LogP contribution in [0.4, 0.5) is 32.2 Å². The van der Waals surface area contributed by atoms with E-state index in [-0.39, 0.29) is 24.3 Å². The number of aromatic nitrogens is 2. The summed E-state index contributed by atoms with van der Waals surface area (Å²) < 4.78 is 80.3. The van der Waals surface area contributed by atoms with Gasteiger partial charge >= 0.3 is 12.4 Å². The summed E-state index contributed by atoms with van der Waals surface area (Å²) in [6, 6.07) is 8.67. The van der Waals surface area contributed by atoms with E-state index in [9.17, 15) is 31.1 Å². The maximum absolute atomic E-state index is 13.8. The molecule has 0 unspecified atom stereocenters. The average Bonchev–Trinajstić information content (AvgIpc) is 3.20. The first kappa shape index (κ1) is 23.7. The largest absolute Gasteiger partial charge is 0.416 e. The van der Waals surface area contributed by atoms with Gasteiger partial charge in [0, 0.05) is 13.0 Å². The highest BCUT2D eigenvalue weighted by Gasteiger charge is 2.47. The predicted molar refractivity (Wildman–Crippen MR) is 112 cm³/mol. The molecule has 4 rings (SSSR count). The lowest BCUT2D eigenvalue weighted by molar-refractivity contribution is -0.173. The third-order valence-electron chi connectivity index (χ3n) is 5.70. The summed E-state index contributed by atoms with van der Waals surface area (Å²) in [6.07, 6.45) is -8.30. The molecule has 1 aromatic heterocycles. The molecular weight excluding hydrogens is 462 g/mol. The molecule has 11 heteroatoms. The first-order valence-corrected chi connectivity index (χ1v) is 10.3. The van der Waals surface area contributed by atoms with Crippen molar-refractivity contribution in [3.8, 4) is 0 Å². The molecule has 34 heavy (non-hydrogen) atoms. The van der Waals surface area contributed by atoms with Crippen LogP contribution >= 0.6 is 0 Å². The minimum Gasteiger partial charge on any atom is -0.363 e. The molecule has 2 atom stereocenters. The van der Waals surface area contributed by atoms with Gasteiger partial charge < -0.3 is 10.6 Å². The Kier molecular flexibility index (Phi) is 6.05. The summed E-state index contributed by atoms with van der Waals surface area (Å²) in [6.45, 7) is 1.76. The van der Waals surface area contributed by atoms with Crippen molar-refractivity contribution in [3.63, 3.8) is 0 Å². The van der Waals surface area contributed by atoms with Crippen LogP contribution in [0.3, 0.4) is 0 Å². The van der Waals surface area contributed by atoms with Crippen molar-refractivity contribution in [1.29, 1.82) is 0 Å². The van der Waals surface area contributed by atoms with Gasteiger partial charge in [-0.3, -0.25) is 4.79 Å². The number of fused-ring (bicyclic) bond motifs is 1. The number of anilines is 1. The number of alkyl halides is 6. The van der Waals surface area contributed by atoms with Crippen LogP contribution in [0.15, 0.2) is 54.7 Å². The Bertz CT molecular complexity index is 1170. The molecule has 0 fully saturated rings. The highest BCUT2D eigenvalue weighted by molar-refractivity contribution is 5.98. The third-order valence-corrected chi connectivity index (χ3v) is 5.70. The van der Waals surface area contributed by atoms with Crippen LogP contribution in [0.1, 0.15) is 51.1 Å². The number of nitrogens with one attached hydrogen (secondary N) is 2. The fourth-order valence-corrected chi connectivity index (χ4v) is 3.84. The van der Waals surface area contributed by atoms with Crippen molar-refractivity contribution in [1.82, 2.24) is 15.1 Å². The molecule has 1 aliphatic heterocycles. The van der Waals surface area contributed by atoms with E-state index < -0.39 is 35.9 Å². The van der Waals surface area contributed by atoms with Gasteiger partial charge in [0.25, 0.3) is 5.91 Å². The van der Waals surface area contributed by atoms with E-state index in [2.05, 4.69) is 15.7 Å². The SMILES string of the molecule is Cc1ccc([C@H]2C[C@@H](C(F)(F)F)n3ncc(C(=O)NCc4ccc(C(F)(F)F)cc4)c3N2)cc1. The minimum absolute atomic E-state index is 0.0657. The van der Waals surface area contributed by atoms with Crippen molar-refractivity contribution >= 4 is 11.7 Å². The molecule has 180 valence electrons. The molecule has 2 N–H and O–H groups in total. The number of carbonyl (C=O) groups is 1. The van der Waals surface area contributed by atoms with Crippen molar-refractivity contribution in [2.75, 3.05) is 5.32 Å². The van der Waals surface area contributed by atoms with Gasteiger partial charge in [-0.2, -0.15) is 31.4 Å². The number of rotatable bonds is 4. The van der Waals surface area contributed by atoms with Crippen LogP contribution in [0, 0.1) is 6.92 Å². The molecule has 2 heterocycles. The lowest BCUT2D eigenvalue weighted by atomic mass is 9.96. The first-order chi connectivity index (χ1) is 15.9. The molecule has 5 nitrogen and oxygen atoms in total. The van der Waals surface area contributed by atoms with Crippen molar-refractivity contribution in [2.24, 2.45) is 0 Å².